The van der Waals surface area contributed by atoms with Crippen LogP contribution in [0.15, 0.2) is 30.3 Å². The number of amides is 3. The van der Waals surface area contributed by atoms with Gasteiger partial charge < -0.3 is 16.0 Å². The quantitative estimate of drug-likeness (QED) is 0.693. The second-order valence-corrected chi connectivity index (χ2v) is 7.68. The van der Waals surface area contributed by atoms with Crippen molar-refractivity contribution in [1.82, 2.24) is 10.2 Å². The van der Waals surface area contributed by atoms with Crippen molar-refractivity contribution in [1.29, 1.82) is 0 Å². The van der Waals surface area contributed by atoms with Gasteiger partial charge in [0, 0.05) is 13.0 Å². The predicted molar refractivity (Wildman–Crippen MR) is 105 cm³/mol. The molecule has 6 nitrogen and oxygen atoms in total. The average Bonchev–Trinajstić information content (AvgIpc) is 3.11. The zero-order chi connectivity index (χ0) is 19.8. The number of carbonyl (C=O) groups excluding carboxylic acids is 3. The molecule has 1 aliphatic rings. The Morgan fingerprint density at radius 1 is 1.22 bits per heavy atom. The van der Waals surface area contributed by atoms with Crippen molar-refractivity contribution >= 4 is 17.7 Å². The van der Waals surface area contributed by atoms with Crippen LogP contribution in [0.4, 0.5) is 0 Å². The van der Waals surface area contributed by atoms with Crippen molar-refractivity contribution in [3.63, 3.8) is 0 Å². The van der Waals surface area contributed by atoms with Crippen LogP contribution in [0.5, 0.6) is 0 Å². The Hall–Kier alpha value is -2.37. The van der Waals surface area contributed by atoms with E-state index in [9.17, 15) is 14.4 Å². The molecule has 1 heterocycles. The molecule has 3 N–H and O–H groups in total. The molecule has 0 aromatic heterocycles. The van der Waals surface area contributed by atoms with E-state index in [1.807, 2.05) is 44.2 Å². The van der Waals surface area contributed by atoms with Crippen LogP contribution in [0.1, 0.15) is 51.5 Å². The highest BCUT2D eigenvalue weighted by atomic mass is 16.2. The van der Waals surface area contributed by atoms with Gasteiger partial charge in [-0.3, -0.25) is 14.4 Å². The van der Waals surface area contributed by atoms with Gasteiger partial charge in [0.1, 0.15) is 12.1 Å². The SMILES string of the molecule is CC(C)C[C@H](NC(=O)CCCc1ccccc1)C(=O)N1CCC[C@H]1C(N)=O. The maximum atomic E-state index is 12.9. The van der Waals surface area contributed by atoms with Gasteiger partial charge in [0.05, 0.1) is 0 Å². The van der Waals surface area contributed by atoms with Crippen LogP contribution < -0.4 is 11.1 Å². The molecule has 0 spiro atoms. The highest BCUT2D eigenvalue weighted by Crippen LogP contribution is 2.20. The summed E-state index contributed by atoms with van der Waals surface area (Å²) in [5.74, 6) is -0.544. The first-order chi connectivity index (χ1) is 12.9. The molecular formula is C21H31N3O3. The number of carbonyl (C=O) groups is 3. The summed E-state index contributed by atoms with van der Waals surface area (Å²) >= 11 is 0. The largest absolute Gasteiger partial charge is 0.368 e. The van der Waals surface area contributed by atoms with Crippen LogP contribution >= 0.6 is 0 Å². The Morgan fingerprint density at radius 2 is 1.93 bits per heavy atom. The van der Waals surface area contributed by atoms with Crippen LogP contribution in [-0.4, -0.2) is 41.2 Å². The normalized spacial score (nSPS) is 17.7. The van der Waals surface area contributed by atoms with Crippen molar-refractivity contribution in [2.45, 2.75) is 64.5 Å². The number of nitrogens with zero attached hydrogens (tertiary/aromatic N) is 1. The minimum atomic E-state index is -0.603. The molecule has 0 radical (unpaired) electrons. The van der Waals surface area contributed by atoms with Crippen molar-refractivity contribution in [3.8, 4) is 0 Å². The summed E-state index contributed by atoms with van der Waals surface area (Å²) in [6, 6.07) is 8.86. The first-order valence-electron chi connectivity index (χ1n) is 9.81. The fraction of sp³-hybridized carbons (Fsp3) is 0.571. The first kappa shape index (κ1) is 20.9. The molecule has 27 heavy (non-hydrogen) atoms. The number of primary amides is 1. The van der Waals surface area contributed by atoms with E-state index in [0.717, 1.165) is 19.3 Å². The molecule has 2 rings (SSSR count). The number of nitrogens with one attached hydrogen (secondary N) is 1. The molecule has 0 aliphatic carbocycles. The lowest BCUT2D eigenvalue weighted by molar-refractivity contribution is -0.141. The molecule has 148 valence electrons. The molecule has 1 aliphatic heterocycles. The Labute approximate surface area is 161 Å². The van der Waals surface area contributed by atoms with E-state index in [4.69, 9.17) is 5.73 Å². The fourth-order valence-electron chi connectivity index (χ4n) is 3.58. The van der Waals surface area contributed by atoms with Gasteiger partial charge in [-0.05, 0) is 43.6 Å². The third-order valence-electron chi connectivity index (χ3n) is 4.92. The van der Waals surface area contributed by atoms with Crippen LogP contribution in [0.3, 0.4) is 0 Å². The maximum absolute atomic E-state index is 12.9. The second kappa shape index (κ2) is 10.1. The highest BCUT2D eigenvalue weighted by Gasteiger charge is 2.36. The Balaban J connectivity index is 1.91. The topological polar surface area (TPSA) is 92.5 Å². The molecule has 0 unspecified atom stereocenters. The molecule has 1 aromatic carbocycles. The number of likely N-dealkylation sites (tertiary alicyclic amines) is 1. The molecule has 0 bridgehead atoms. The number of benzene rings is 1. The lowest BCUT2D eigenvalue weighted by Crippen LogP contribution is -2.53. The van der Waals surface area contributed by atoms with Crippen molar-refractivity contribution in [2.24, 2.45) is 11.7 Å². The molecule has 1 saturated heterocycles. The minimum absolute atomic E-state index is 0.125. The van der Waals surface area contributed by atoms with Gasteiger partial charge in [-0.1, -0.05) is 44.2 Å². The summed E-state index contributed by atoms with van der Waals surface area (Å²) in [6.45, 7) is 4.54. The summed E-state index contributed by atoms with van der Waals surface area (Å²) in [7, 11) is 0. The second-order valence-electron chi connectivity index (χ2n) is 7.68. The highest BCUT2D eigenvalue weighted by molar-refractivity contribution is 5.92. The van der Waals surface area contributed by atoms with Crippen LogP contribution in [0, 0.1) is 5.92 Å². The molecular weight excluding hydrogens is 342 g/mol. The summed E-state index contributed by atoms with van der Waals surface area (Å²) in [5.41, 5.74) is 6.63. The van der Waals surface area contributed by atoms with Gasteiger partial charge in [0.15, 0.2) is 0 Å². The third kappa shape index (κ3) is 6.38. The van der Waals surface area contributed by atoms with Gasteiger partial charge in [0.25, 0.3) is 0 Å². The van der Waals surface area contributed by atoms with Gasteiger partial charge in [-0.2, -0.15) is 0 Å². The van der Waals surface area contributed by atoms with E-state index in [2.05, 4.69) is 5.32 Å². The van der Waals surface area contributed by atoms with Gasteiger partial charge in [0.2, 0.25) is 17.7 Å². The van der Waals surface area contributed by atoms with E-state index >= 15 is 0 Å². The number of hydrogen-bond donors (Lipinski definition) is 2. The predicted octanol–water partition coefficient (Wildman–Crippen LogP) is 2.02. The van der Waals surface area contributed by atoms with Crippen LogP contribution in [0.2, 0.25) is 0 Å². The van der Waals surface area contributed by atoms with Crippen LogP contribution in [0.25, 0.3) is 0 Å². The Kier molecular flexibility index (Phi) is 7.82. The molecule has 3 amide bonds. The van der Waals surface area contributed by atoms with Crippen molar-refractivity contribution in [3.05, 3.63) is 35.9 Å². The third-order valence-corrected chi connectivity index (χ3v) is 4.92. The summed E-state index contributed by atoms with van der Waals surface area (Å²) in [5, 5.41) is 2.89. The zero-order valence-electron chi connectivity index (χ0n) is 16.3. The van der Waals surface area contributed by atoms with Gasteiger partial charge in [-0.15, -0.1) is 0 Å². The smallest absolute Gasteiger partial charge is 0.245 e. The lowest BCUT2D eigenvalue weighted by atomic mass is 10.0. The van der Waals surface area contributed by atoms with Gasteiger partial charge in [-0.25, -0.2) is 0 Å². The summed E-state index contributed by atoms with van der Waals surface area (Å²) < 4.78 is 0. The summed E-state index contributed by atoms with van der Waals surface area (Å²) in [4.78, 5) is 38.5. The van der Waals surface area contributed by atoms with Gasteiger partial charge >= 0.3 is 0 Å². The lowest BCUT2D eigenvalue weighted by Gasteiger charge is -2.28. The average molecular weight is 373 g/mol. The van der Waals surface area contributed by atoms with E-state index in [1.165, 1.54) is 5.56 Å². The summed E-state index contributed by atoms with van der Waals surface area (Å²) in [6.07, 6.45) is 3.83. The number of rotatable bonds is 9. The van der Waals surface area contributed by atoms with E-state index < -0.39 is 18.0 Å². The van der Waals surface area contributed by atoms with Crippen LogP contribution in [-0.2, 0) is 20.8 Å². The van der Waals surface area contributed by atoms with Crippen molar-refractivity contribution in [2.75, 3.05) is 6.54 Å². The molecule has 0 saturated carbocycles. The molecule has 6 heteroatoms. The Bertz CT molecular complexity index is 645. The molecule has 1 aromatic rings. The number of hydrogen-bond acceptors (Lipinski definition) is 3. The molecule has 2 atom stereocenters. The Morgan fingerprint density at radius 3 is 2.56 bits per heavy atom. The van der Waals surface area contributed by atoms with Crippen molar-refractivity contribution < 1.29 is 14.4 Å². The zero-order valence-corrected chi connectivity index (χ0v) is 16.3. The number of aryl methyl sites for hydroxylation is 1. The fourth-order valence-corrected chi connectivity index (χ4v) is 3.58. The minimum Gasteiger partial charge on any atom is -0.368 e. The standard InChI is InChI=1S/C21H31N3O3/c1-15(2)14-17(21(27)24-13-7-11-18(24)20(22)26)23-19(25)12-6-10-16-8-4-3-5-9-16/h3-5,8-9,15,17-18H,6-7,10-14H2,1-2H3,(H2,22,26)(H,23,25)/t17-,18-/m0/s1. The number of nitrogens with two attached hydrogens (primary N) is 1. The maximum Gasteiger partial charge on any atom is 0.245 e. The monoisotopic (exact) mass is 373 g/mol. The molecule has 1 fully saturated rings. The van der Waals surface area contributed by atoms with E-state index in [-0.39, 0.29) is 17.7 Å². The first-order valence-corrected chi connectivity index (χ1v) is 9.81. The van der Waals surface area contributed by atoms with E-state index in [0.29, 0.717) is 25.8 Å². The van der Waals surface area contributed by atoms with E-state index in [1.54, 1.807) is 4.90 Å².